The summed E-state index contributed by atoms with van der Waals surface area (Å²) < 4.78 is 294. The highest BCUT2D eigenvalue weighted by atomic mass is 32.2. The number of Topliss-reactive ketones (excluding diaryl/α,β-unsaturated/α-hetero) is 2. The number of halogens is 2. The number of piperidine rings is 4. The maximum atomic E-state index is 13.4. The van der Waals surface area contributed by atoms with Crippen molar-refractivity contribution in [2.24, 2.45) is 0 Å². The van der Waals surface area contributed by atoms with Gasteiger partial charge >= 0.3 is 0 Å². The third-order valence-corrected chi connectivity index (χ3v) is 40.4. The maximum Gasteiger partial charge on any atom is 0.245 e. The lowest BCUT2D eigenvalue weighted by Crippen LogP contribution is -2.55. The quantitative estimate of drug-likeness (QED) is 0.0537. The Morgan fingerprint density at radius 2 is 0.473 bits per heavy atom. The Morgan fingerprint density at radius 3 is 0.682 bits per heavy atom. The van der Waals surface area contributed by atoms with Crippen molar-refractivity contribution in [2.45, 2.75) is 139 Å². The fourth-order valence-electron chi connectivity index (χ4n) is 16.6. The van der Waals surface area contributed by atoms with E-state index in [1.54, 1.807) is 24.3 Å². The van der Waals surface area contributed by atoms with Gasteiger partial charge in [0, 0.05) is 147 Å². The third kappa shape index (κ3) is 20.1. The Balaban J connectivity index is 0.000000147. The van der Waals surface area contributed by atoms with Crippen molar-refractivity contribution in [3.8, 4) is 0 Å². The van der Waals surface area contributed by atoms with Crippen LogP contribution in [0.25, 0.3) is 9.69 Å². The van der Waals surface area contributed by atoms with E-state index in [2.05, 4.69) is 9.69 Å². The highest BCUT2D eigenvalue weighted by molar-refractivity contribution is 7.92. The molecular weight excluding hydrogens is 1860 g/mol. The smallest absolute Gasteiger partial charge is 0.245 e. The normalized spacial score (nSPS) is 19.9. The van der Waals surface area contributed by atoms with E-state index in [1.165, 1.54) is 194 Å². The van der Waals surface area contributed by atoms with Crippen LogP contribution in [-0.4, -0.2) is 256 Å². The van der Waals surface area contributed by atoms with E-state index in [-0.39, 0.29) is 212 Å². The number of ether oxygens (including phenoxy) is 4. The van der Waals surface area contributed by atoms with Gasteiger partial charge in [-0.2, -0.15) is 34.4 Å². The molecule has 4 spiro atoms. The molecule has 0 unspecified atom stereocenters. The number of carbonyl (C=O) groups excluding carboxylic acids is 2. The Morgan fingerprint density at radius 1 is 0.287 bits per heavy atom. The summed E-state index contributed by atoms with van der Waals surface area (Å²) in [6, 6.07) is 43.8. The number of hydrogen-bond acceptors (Lipinski definition) is 24. The molecule has 0 aliphatic carbocycles. The molecule has 0 amide bonds. The van der Waals surface area contributed by atoms with Crippen LogP contribution in [0, 0.1) is 31.7 Å². The fourth-order valence-corrected chi connectivity index (χ4v) is 29.9. The first-order valence-corrected chi connectivity index (χ1v) is 53.9. The zero-order valence-corrected chi connectivity index (χ0v) is 77.5. The Bertz CT molecular complexity index is 6720. The molecule has 45 heteroatoms. The van der Waals surface area contributed by atoms with E-state index in [4.69, 9.17) is 32.1 Å². The number of benzene rings is 8. The Kier molecular flexibility index (Phi) is 28.7. The van der Waals surface area contributed by atoms with Crippen molar-refractivity contribution >= 4 is 113 Å². The van der Waals surface area contributed by atoms with Crippen LogP contribution >= 0.6 is 0 Å². The minimum atomic E-state index is -3.94. The molecule has 8 aromatic carbocycles. The van der Waals surface area contributed by atoms with Crippen LogP contribution in [0.3, 0.4) is 0 Å². The molecule has 8 heterocycles. The second-order valence-corrected chi connectivity index (χ2v) is 48.7. The summed E-state index contributed by atoms with van der Waals surface area (Å²) in [5.74, 6) is -1.39. The molecule has 0 atom stereocenters. The Hall–Kier alpha value is -8.99. The second-order valence-electron chi connectivity index (χ2n) is 31.4. The van der Waals surface area contributed by atoms with E-state index in [1.807, 2.05) is 6.92 Å². The fraction of sp³-hybridized carbons (Fsp3) is 0.381. The standard InChI is InChI=1S/C23H26N2O7S2.C21H20N4O5S2.C21H26N2O7S3.C19H20F2N2O5S2/c1-17(26)19-3-7-21(8-4-19)33(28,29)24-13-11-23(12-14-24)25(15-16-32-23)34(30,31)22-9-5-20(6-10-22)18(2)27;1-22-17-3-7-19(8-4-17)31(26,27)24-13-11-21(12-14-24)25(15-16-30-21)32(28,29)20-9-5-18(23-2)6-10-20;1-17-3-5-20(6-4-17)33(28,29)23-15-16-30-21(23)11-13-22(14-12-21)32(26,27)19-9-7-18(8-10-19)31(2,24)25;20-15-1-5-17(6-2-15)29(24,25)22-11-9-19(10-12-22)23(13-14-28-19)30(26,27)18-7-3-16(21)4-8-18/h3-10H,11-16H2,1-2H3;3-10H,11-16H2;3-10H,11-16H2,1-2H3;1-8H,9-14H2. The number of sulfone groups is 1. The van der Waals surface area contributed by atoms with Gasteiger partial charge < -0.3 is 18.9 Å². The summed E-state index contributed by atoms with van der Waals surface area (Å²) in [5, 5.41) is 0. The summed E-state index contributed by atoms with van der Waals surface area (Å²) >= 11 is 0. The minimum absolute atomic E-state index is 0.0117. The van der Waals surface area contributed by atoms with Crippen molar-refractivity contribution in [2.75, 3.05) is 111 Å². The first kappa shape index (κ1) is 97.5. The van der Waals surface area contributed by atoms with E-state index in [9.17, 15) is 94.1 Å². The molecule has 0 radical (unpaired) electrons. The van der Waals surface area contributed by atoms with Gasteiger partial charge in [0.1, 0.15) is 34.5 Å². The number of aryl methyl sites for hydroxylation is 1. The summed E-state index contributed by atoms with van der Waals surface area (Å²) in [4.78, 5) is 30.0. The highest BCUT2D eigenvalue weighted by Gasteiger charge is 2.57. The molecule has 16 rings (SSSR count). The average molecular weight is 1950 g/mol. The number of nitrogens with zero attached hydrogens (tertiary/aromatic N) is 10. The van der Waals surface area contributed by atoms with Gasteiger partial charge in [0.15, 0.2) is 32.8 Å². The molecule has 690 valence electrons. The first-order valence-electron chi connectivity index (χ1n) is 40.4. The van der Waals surface area contributed by atoms with Gasteiger partial charge in [0.25, 0.3) is 0 Å². The second kappa shape index (κ2) is 37.9. The van der Waals surface area contributed by atoms with Gasteiger partial charge in [0.2, 0.25) is 80.2 Å². The van der Waals surface area contributed by atoms with Gasteiger partial charge in [0.05, 0.1) is 83.6 Å². The number of ketones is 2. The summed E-state index contributed by atoms with van der Waals surface area (Å²) in [7, 11) is -34.2. The van der Waals surface area contributed by atoms with Gasteiger partial charge in [-0.1, -0.05) is 90.5 Å². The molecule has 0 bridgehead atoms. The number of rotatable bonds is 19. The van der Waals surface area contributed by atoms with Crippen molar-refractivity contribution in [1.82, 2.24) is 34.4 Å². The van der Waals surface area contributed by atoms with Gasteiger partial charge in [-0.25, -0.2) is 94.2 Å². The number of carbonyl (C=O) groups is 2. The molecule has 8 aromatic rings. The lowest BCUT2D eigenvalue weighted by molar-refractivity contribution is -0.0810. The topological polar surface area (TPSA) is 413 Å². The largest absolute Gasteiger partial charge is 0.358 e. The molecule has 129 heavy (non-hydrogen) atoms. The number of hydrogen-bond donors (Lipinski definition) is 0. The minimum Gasteiger partial charge on any atom is -0.358 e. The average Bonchev–Trinajstić information content (AvgIpc) is 1.73. The van der Waals surface area contributed by atoms with Gasteiger partial charge in [-0.15, -0.1) is 0 Å². The first-order chi connectivity index (χ1) is 60.7. The molecule has 8 saturated heterocycles. The van der Waals surface area contributed by atoms with Crippen LogP contribution in [0.4, 0.5) is 20.2 Å². The van der Waals surface area contributed by atoms with Crippen LogP contribution in [0.2, 0.25) is 0 Å². The lowest BCUT2D eigenvalue weighted by atomic mass is 10.0. The van der Waals surface area contributed by atoms with Crippen molar-refractivity contribution in [3.63, 3.8) is 0 Å². The molecule has 0 saturated carbocycles. The summed E-state index contributed by atoms with van der Waals surface area (Å²) in [6.07, 6.45) is 2.50. The lowest BCUT2D eigenvalue weighted by Gasteiger charge is -2.42. The van der Waals surface area contributed by atoms with Crippen molar-refractivity contribution < 1.29 is 113 Å². The van der Waals surface area contributed by atoms with E-state index in [0.717, 1.165) is 36.1 Å². The molecule has 8 fully saturated rings. The van der Waals surface area contributed by atoms with Gasteiger partial charge in [-0.05, 0) is 130 Å². The third-order valence-electron chi connectivity index (χ3n) is 23.7. The predicted molar refractivity (Wildman–Crippen MR) is 464 cm³/mol. The molecular formula is C84H92F2N10O24S9. The zero-order chi connectivity index (χ0) is 93.4. The van der Waals surface area contributed by atoms with Crippen LogP contribution in [-0.2, 0) is 109 Å². The molecule has 0 N–H and O–H groups in total. The van der Waals surface area contributed by atoms with E-state index < -0.39 is 125 Å². The monoisotopic (exact) mass is 1950 g/mol. The molecule has 34 nitrogen and oxygen atoms in total. The van der Waals surface area contributed by atoms with Crippen LogP contribution < -0.4 is 0 Å². The summed E-state index contributed by atoms with van der Waals surface area (Å²) in [5.41, 5.74) is -1.97. The van der Waals surface area contributed by atoms with Crippen molar-refractivity contribution in [1.29, 1.82) is 0 Å². The highest BCUT2D eigenvalue weighted by Crippen LogP contribution is 2.45. The zero-order valence-electron chi connectivity index (χ0n) is 70.1. The van der Waals surface area contributed by atoms with Gasteiger partial charge in [-0.3, -0.25) is 9.59 Å². The van der Waals surface area contributed by atoms with Crippen LogP contribution in [0.15, 0.2) is 238 Å². The maximum absolute atomic E-state index is 13.4. The van der Waals surface area contributed by atoms with E-state index in [0.29, 0.717) is 22.5 Å². The SMILES string of the molecule is CC(=O)c1ccc(S(=O)(=O)N2CCC3(CC2)OCCN3S(=O)(=O)c2ccc(C(C)=O)cc2)cc1.Cc1ccc(S(=O)(=O)N2CCOC23CCN(S(=O)(=O)c2ccc(S(C)(=O)=O)cc2)CC3)cc1.O=S(=O)(c1ccc(F)cc1)N1CCC2(CC1)OCCN2S(=O)(=O)c1ccc(F)cc1.[C-]#[N+]c1ccc(S(=O)(=O)N2CCC3(CC2)OCCN3S(=O)(=O)c2ccc([N+]#[C-])cc2)cc1. The molecule has 0 aromatic heterocycles. The van der Waals surface area contributed by atoms with Crippen molar-refractivity contribution in [3.05, 3.63) is 245 Å². The van der Waals surface area contributed by atoms with E-state index >= 15 is 0 Å². The molecule has 8 aliphatic heterocycles. The van der Waals surface area contributed by atoms with Crippen LogP contribution in [0.5, 0.6) is 0 Å². The Labute approximate surface area is 750 Å². The molecule has 8 aliphatic rings. The number of sulfonamides is 8. The summed E-state index contributed by atoms with van der Waals surface area (Å²) in [6.45, 7) is 20.9. The predicted octanol–water partition coefficient (Wildman–Crippen LogP) is 9.05. The van der Waals surface area contributed by atoms with Crippen LogP contribution in [0.1, 0.15) is 91.5 Å².